The molecule has 1 aromatic heterocycles. The van der Waals surface area contributed by atoms with Crippen LogP contribution in [-0.4, -0.2) is 42.0 Å². The summed E-state index contributed by atoms with van der Waals surface area (Å²) in [7, 11) is 0. The van der Waals surface area contributed by atoms with Gasteiger partial charge in [-0.2, -0.15) is 5.10 Å². The number of nitrogens with one attached hydrogen (secondary N) is 2. The summed E-state index contributed by atoms with van der Waals surface area (Å²) >= 11 is 0. The normalized spacial score (nSPS) is 16.8. The van der Waals surface area contributed by atoms with Crippen molar-refractivity contribution in [1.82, 2.24) is 15.5 Å². The molecule has 2 unspecified atom stereocenters. The summed E-state index contributed by atoms with van der Waals surface area (Å²) in [4.78, 5) is 27.1. The zero-order chi connectivity index (χ0) is 24.8. The highest BCUT2D eigenvalue weighted by molar-refractivity contribution is 5.80. The van der Waals surface area contributed by atoms with Crippen molar-refractivity contribution in [1.29, 1.82) is 0 Å². The molecule has 0 aliphatic carbocycles. The molecule has 1 aliphatic heterocycles. The third-order valence-electron chi connectivity index (χ3n) is 6.57. The van der Waals surface area contributed by atoms with Gasteiger partial charge in [-0.25, -0.2) is 4.79 Å². The first-order valence-corrected chi connectivity index (χ1v) is 12.1. The minimum Gasteiger partial charge on any atom is -0.450 e. The van der Waals surface area contributed by atoms with E-state index in [-0.39, 0.29) is 24.4 Å². The van der Waals surface area contributed by atoms with E-state index in [4.69, 9.17) is 9.47 Å². The molecule has 0 saturated heterocycles. The molecule has 0 radical (unpaired) electrons. The maximum atomic E-state index is 12.7. The van der Waals surface area contributed by atoms with Gasteiger partial charge in [0.25, 0.3) is 0 Å². The molecule has 8 heteroatoms. The number of amides is 1. The molecule has 35 heavy (non-hydrogen) atoms. The standard InChI is InChI=1S/C27H32N4O4/c1-4-31(5-2)21-9-10-22-18(3)23(26(32)35-25(22)16-21)12-14-34-27(33)28-17-19-7-6-8-20(15-19)24-11-13-29-30-24/h6-11,13,15-16,18,23H,4-5,12,14,17H2,1-3H3,(H,28,33)(H,29,30). The number of benzene rings is 2. The highest BCUT2D eigenvalue weighted by Crippen LogP contribution is 2.40. The molecule has 2 N–H and O–H groups in total. The van der Waals surface area contributed by atoms with E-state index in [2.05, 4.69) is 40.3 Å². The Morgan fingerprint density at radius 2 is 2.00 bits per heavy atom. The van der Waals surface area contributed by atoms with Crippen LogP contribution >= 0.6 is 0 Å². The van der Waals surface area contributed by atoms with Crippen molar-refractivity contribution in [2.75, 3.05) is 24.6 Å². The predicted molar refractivity (Wildman–Crippen MR) is 134 cm³/mol. The smallest absolute Gasteiger partial charge is 0.407 e. The fourth-order valence-electron chi connectivity index (χ4n) is 4.52. The summed E-state index contributed by atoms with van der Waals surface area (Å²) in [6.45, 7) is 8.47. The molecule has 2 aromatic carbocycles. The Morgan fingerprint density at radius 1 is 1.17 bits per heavy atom. The summed E-state index contributed by atoms with van der Waals surface area (Å²) in [5.41, 5.74) is 4.90. The molecule has 0 saturated carbocycles. The zero-order valence-corrected chi connectivity index (χ0v) is 20.4. The average molecular weight is 477 g/mol. The van der Waals surface area contributed by atoms with Crippen LogP contribution in [0.3, 0.4) is 0 Å². The van der Waals surface area contributed by atoms with E-state index in [0.29, 0.717) is 18.7 Å². The molecule has 2 heterocycles. The summed E-state index contributed by atoms with van der Waals surface area (Å²) in [5.74, 6) is -0.0323. The fourth-order valence-corrected chi connectivity index (χ4v) is 4.52. The Hall–Kier alpha value is -3.81. The molecular weight excluding hydrogens is 444 g/mol. The van der Waals surface area contributed by atoms with Gasteiger partial charge in [-0.15, -0.1) is 0 Å². The van der Waals surface area contributed by atoms with Gasteiger partial charge < -0.3 is 19.7 Å². The van der Waals surface area contributed by atoms with Crippen LogP contribution in [0.25, 0.3) is 11.3 Å². The molecule has 184 valence electrons. The summed E-state index contributed by atoms with van der Waals surface area (Å²) in [6, 6.07) is 15.8. The predicted octanol–water partition coefficient (Wildman–Crippen LogP) is 4.88. The molecule has 4 rings (SSSR count). The van der Waals surface area contributed by atoms with E-state index in [1.54, 1.807) is 6.20 Å². The van der Waals surface area contributed by atoms with Crippen molar-refractivity contribution < 1.29 is 19.1 Å². The number of carbonyl (C=O) groups excluding carboxylic acids is 2. The van der Waals surface area contributed by atoms with Crippen molar-refractivity contribution >= 4 is 17.7 Å². The number of hydrogen-bond donors (Lipinski definition) is 2. The lowest BCUT2D eigenvalue weighted by Crippen LogP contribution is -2.32. The second kappa shape index (κ2) is 11.1. The number of ether oxygens (including phenoxy) is 2. The van der Waals surface area contributed by atoms with Crippen molar-refractivity contribution in [3.05, 3.63) is 65.9 Å². The number of esters is 1. The first kappa shape index (κ1) is 24.3. The van der Waals surface area contributed by atoms with Crippen LogP contribution < -0.4 is 15.0 Å². The Bertz CT molecular complexity index is 1160. The fraction of sp³-hybridized carbons (Fsp3) is 0.370. The number of fused-ring (bicyclic) bond motifs is 1. The lowest BCUT2D eigenvalue weighted by Gasteiger charge is -2.31. The lowest BCUT2D eigenvalue weighted by molar-refractivity contribution is -0.141. The van der Waals surface area contributed by atoms with Crippen LogP contribution in [-0.2, 0) is 16.1 Å². The summed E-state index contributed by atoms with van der Waals surface area (Å²) < 4.78 is 11.0. The minimum absolute atomic E-state index is 0.0196. The van der Waals surface area contributed by atoms with Gasteiger partial charge in [0.05, 0.1) is 18.2 Å². The third kappa shape index (κ3) is 5.65. The van der Waals surface area contributed by atoms with E-state index >= 15 is 0 Å². The number of aromatic amines is 1. The Balaban J connectivity index is 1.28. The van der Waals surface area contributed by atoms with Crippen LogP contribution in [0.5, 0.6) is 5.75 Å². The molecular formula is C27H32N4O4. The highest BCUT2D eigenvalue weighted by atomic mass is 16.6. The molecule has 3 aromatic rings. The maximum Gasteiger partial charge on any atom is 0.407 e. The minimum atomic E-state index is -0.516. The van der Waals surface area contributed by atoms with Crippen LogP contribution in [0.15, 0.2) is 54.7 Å². The third-order valence-corrected chi connectivity index (χ3v) is 6.57. The van der Waals surface area contributed by atoms with Crippen LogP contribution in [0.4, 0.5) is 10.5 Å². The van der Waals surface area contributed by atoms with E-state index in [0.717, 1.165) is 41.2 Å². The van der Waals surface area contributed by atoms with Gasteiger partial charge in [0.2, 0.25) is 0 Å². The number of alkyl carbamates (subject to hydrolysis) is 1. The summed E-state index contributed by atoms with van der Waals surface area (Å²) in [6.07, 6.45) is 1.58. The quantitative estimate of drug-likeness (QED) is 0.338. The van der Waals surface area contributed by atoms with E-state index in [9.17, 15) is 9.59 Å². The molecule has 0 spiro atoms. The lowest BCUT2D eigenvalue weighted by atomic mass is 9.83. The number of carbonyl (C=O) groups is 2. The molecule has 0 bridgehead atoms. The first-order valence-electron chi connectivity index (χ1n) is 12.1. The molecule has 8 nitrogen and oxygen atoms in total. The van der Waals surface area contributed by atoms with Gasteiger partial charge >= 0.3 is 12.1 Å². The highest BCUT2D eigenvalue weighted by Gasteiger charge is 2.35. The van der Waals surface area contributed by atoms with Gasteiger partial charge in [0.15, 0.2) is 0 Å². The van der Waals surface area contributed by atoms with E-state index in [1.807, 2.05) is 49.4 Å². The maximum absolute atomic E-state index is 12.7. The molecule has 1 aliphatic rings. The monoisotopic (exact) mass is 476 g/mol. The van der Waals surface area contributed by atoms with Crippen LogP contribution in [0.2, 0.25) is 0 Å². The van der Waals surface area contributed by atoms with Crippen LogP contribution in [0, 0.1) is 5.92 Å². The van der Waals surface area contributed by atoms with Gasteiger partial charge in [-0.05, 0) is 61.1 Å². The number of anilines is 1. The zero-order valence-electron chi connectivity index (χ0n) is 20.4. The first-order chi connectivity index (χ1) is 17.0. The Labute approximate surface area is 205 Å². The number of rotatable bonds is 9. The number of aromatic nitrogens is 2. The van der Waals surface area contributed by atoms with Crippen molar-refractivity contribution in [2.45, 2.75) is 39.7 Å². The molecule has 1 amide bonds. The number of H-pyrrole nitrogens is 1. The van der Waals surface area contributed by atoms with E-state index in [1.165, 1.54) is 0 Å². The second-order valence-corrected chi connectivity index (χ2v) is 8.66. The van der Waals surface area contributed by atoms with Gasteiger partial charge in [-0.1, -0.05) is 31.2 Å². The Morgan fingerprint density at radius 3 is 2.74 bits per heavy atom. The van der Waals surface area contributed by atoms with Gasteiger partial charge in [0, 0.05) is 37.6 Å². The average Bonchev–Trinajstić information content (AvgIpc) is 3.41. The van der Waals surface area contributed by atoms with Gasteiger partial charge in [0.1, 0.15) is 5.75 Å². The van der Waals surface area contributed by atoms with Crippen LogP contribution in [0.1, 0.15) is 44.2 Å². The topological polar surface area (TPSA) is 96.5 Å². The second-order valence-electron chi connectivity index (χ2n) is 8.66. The summed E-state index contributed by atoms with van der Waals surface area (Å²) in [5, 5.41) is 9.66. The largest absolute Gasteiger partial charge is 0.450 e. The number of nitrogens with zero attached hydrogens (tertiary/aromatic N) is 2. The van der Waals surface area contributed by atoms with Crippen molar-refractivity contribution in [3.63, 3.8) is 0 Å². The van der Waals surface area contributed by atoms with E-state index < -0.39 is 6.09 Å². The SMILES string of the molecule is CCN(CC)c1ccc2c(c1)OC(=O)C(CCOC(=O)NCc1cccc(-c3ccn[nH]3)c1)C2C. The van der Waals surface area contributed by atoms with Crippen molar-refractivity contribution in [2.24, 2.45) is 5.92 Å². The molecule has 2 atom stereocenters. The molecule has 0 fully saturated rings. The van der Waals surface area contributed by atoms with Gasteiger partial charge in [-0.3, -0.25) is 9.89 Å². The Kier molecular flexibility index (Phi) is 7.70. The van der Waals surface area contributed by atoms with Crippen molar-refractivity contribution in [3.8, 4) is 17.0 Å². The number of hydrogen-bond acceptors (Lipinski definition) is 6.